The maximum atomic E-state index is 12.6. The van der Waals surface area contributed by atoms with Crippen LogP contribution in [0.2, 0.25) is 5.02 Å². The molecule has 1 rings (SSSR count). The molecule has 1 aromatic carbocycles. The second-order valence-electron chi connectivity index (χ2n) is 4.04. The first-order valence-electron chi connectivity index (χ1n) is 5.47. The lowest BCUT2D eigenvalue weighted by molar-refractivity contribution is -0.137. The molecule has 1 atom stereocenters. The summed E-state index contributed by atoms with van der Waals surface area (Å²) in [5.41, 5.74) is -1.08. The van der Waals surface area contributed by atoms with E-state index in [1.807, 2.05) is 0 Å². The summed E-state index contributed by atoms with van der Waals surface area (Å²) in [4.78, 5) is -0.614. The lowest BCUT2D eigenvalue weighted by atomic mass is 10.2. The summed E-state index contributed by atoms with van der Waals surface area (Å²) >= 11 is 5.66. The summed E-state index contributed by atoms with van der Waals surface area (Å²) in [6.07, 6.45) is -5.07. The van der Waals surface area contributed by atoms with Crippen LogP contribution in [0.5, 0.6) is 0 Å². The van der Waals surface area contributed by atoms with Gasteiger partial charge in [0.25, 0.3) is 0 Å². The summed E-state index contributed by atoms with van der Waals surface area (Å²) in [7, 11) is -2.76. The van der Waals surface area contributed by atoms with Gasteiger partial charge in [0.1, 0.15) is 4.90 Å². The van der Waals surface area contributed by atoms with E-state index >= 15 is 0 Å². The second-order valence-corrected chi connectivity index (χ2v) is 6.18. The molecule has 0 saturated heterocycles. The average molecular weight is 332 g/mol. The van der Waals surface area contributed by atoms with E-state index in [1.54, 1.807) is 6.92 Å². The van der Waals surface area contributed by atoms with Crippen molar-refractivity contribution in [3.05, 3.63) is 28.8 Å². The number of hydrogen-bond donors (Lipinski definition) is 1. The van der Waals surface area contributed by atoms with Crippen molar-refractivity contribution >= 4 is 21.6 Å². The van der Waals surface area contributed by atoms with Gasteiger partial charge in [-0.15, -0.1) is 0 Å². The van der Waals surface area contributed by atoms with Gasteiger partial charge >= 0.3 is 6.18 Å². The fraction of sp³-hybridized carbons (Fsp3) is 0.455. The molecule has 0 radical (unpaired) electrons. The van der Waals surface area contributed by atoms with Crippen molar-refractivity contribution in [3.8, 4) is 0 Å². The van der Waals surface area contributed by atoms with Crippen LogP contribution in [0.3, 0.4) is 0 Å². The highest BCUT2D eigenvalue weighted by atomic mass is 35.5. The van der Waals surface area contributed by atoms with Gasteiger partial charge in [-0.25, -0.2) is 13.1 Å². The lowest BCUT2D eigenvalue weighted by Gasteiger charge is -2.14. The molecule has 9 heteroatoms. The number of alkyl halides is 3. The highest BCUT2D eigenvalue weighted by molar-refractivity contribution is 7.89. The van der Waals surface area contributed by atoms with E-state index in [0.717, 1.165) is 12.1 Å². The monoisotopic (exact) mass is 331 g/mol. The van der Waals surface area contributed by atoms with Crippen LogP contribution in [-0.2, 0) is 20.9 Å². The van der Waals surface area contributed by atoms with E-state index in [9.17, 15) is 21.6 Å². The van der Waals surface area contributed by atoms with E-state index in [4.69, 9.17) is 16.3 Å². The third kappa shape index (κ3) is 4.34. The minimum Gasteiger partial charge on any atom is -0.380 e. The van der Waals surface area contributed by atoms with Gasteiger partial charge in [0.15, 0.2) is 0 Å². The lowest BCUT2D eigenvalue weighted by Crippen LogP contribution is -2.32. The van der Waals surface area contributed by atoms with Crippen molar-refractivity contribution in [1.29, 1.82) is 0 Å². The molecule has 1 N–H and O–H groups in total. The van der Waals surface area contributed by atoms with Crippen LogP contribution in [0.15, 0.2) is 23.1 Å². The first-order valence-corrected chi connectivity index (χ1v) is 7.33. The Kier molecular flexibility index (Phi) is 5.42. The molecule has 0 bridgehead atoms. The number of sulfonamides is 1. The van der Waals surface area contributed by atoms with E-state index in [1.165, 1.54) is 7.11 Å². The van der Waals surface area contributed by atoms with Gasteiger partial charge < -0.3 is 4.74 Å². The van der Waals surface area contributed by atoms with Crippen molar-refractivity contribution < 1.29 is 26.3 Å². The second kappa shape index (κ2) is 6.30. The van der Waals surface area contributed by atoms with Crippen LogP contribution in [0.25, 0.3) is 0 Å². The zero-order chi connectivity index (χ0) is 15.6. The van der Waals surface area contributed by atoms with Crippen LogP contribution in [-0.4, -0.2) is 28.2 Å². The van der Waals surface area contributed by atoms with Crippen molar-refractivity contribution in [1.82, 2.24) is 4.72 Å². The maximum Gasteiger partial charge on any atom is 0.416 e. The summed E-state index contributed by atoms with van der Waals surface area (Å²) in [6, 6.07) is 2.12. The largest absolute Gasteiger partial charge is 0.416 e. The summed E-state index contributed by atoms with van der Waals surface area (Å²) in [6.45, 7) is 1.53. The Hall–Kier alpha value is -0.830. The molecule has 0 aliphatic rings. The maximum absolute atomic E-state index is 12.6. The normalized spacial score (nSPS) is 14.3. The van der Waals surface area contributed by atoms with Crippen LogP contribution < -0.4 is 4.72 Å². The molecular weight excluding hydrogens is 319 g/mol. The van der Waals surface area contributed by atoms with Gasteiger partial charge in [-0.1, -0.05) is 11.6 Å². The third-order valence-electron chi connectivity index (χ3n) is 2.51. The zero-order valence-electron chi connectivity index (χ0n) is 10.7. The number of ether oxygens (including phenoxy) is 1. The first kappa shape index (κ1) is 17.2. The van der Waals surface area contributed by atoms with E-state index < -0.39 is 32.8 Å². The quantitative estimate of drug-likeness (QED) is 0.902. The number of nitrogens with one attached hydrogen (secondary N) is 1. The minimum atomic E-state index is -4.64. The van der Waals surface area contributed by atoms with Gasteiger partial charge in [0, 0.05) is 13.7 Å². The Balaban J connectivity index is 3.11. The fourth-order valence-corrected chi connectivity index (χ4v) is 2.91. The van der Waals surface area contributed by atoms with Crippen LogP contribution in [0, 0.1) is 0 Å². The highest BCUT2D eigenvalue weighted by Gasteiger charge is 2.32. The van der Waals surface area contributed by atoms with Crippen LogP contribution >= 0.6 is 11.6 Å². The predicted octanol–water partition coefficient (Wildman–Crippen LogP) is 2.67. The molecule has 20 heavy (non-hydrogen) atoms. The molecule has 0 aliphatic heterocycles. The SMILES string of the molecule is COC(C)CNS(=O)(=O)c1cc(C(F)(F)F)ccc1Cl. The highest BCUT2D eigenvalue weighted by Crippen LogP contribution is 2.33. The molecule has 0 spiro atoms. The van der Waals surface area contributed by atoms with Crippen LogP contribution in [0.4, 0.5) is 13.2 Å². The van der Waals surface area contributed by atoms with Gasteiger partial charge in [-0.2, -0.15) is 13.2 Å². The molecule has 4 nitrogen and oxygen atoms in total. The first-order chi connectivity index (χ1) is 9.08. The predicted molar refractivity (Wildman–Crippen MR) is 68.1 cm³/mol. The molecule has 1 unspecified atom stereocenters. The Bertz CT molecular complexity index is 575. The van der Waals surface area contributed by atoms with E-state index in [2.05, 4.69) is 4.72 Å². The van der Waals surface area contributed by atoms with Crippen molar-refractivity contribution in [2.75, 3.05) is 13.7 Å². The molecule has 0 heterocycles. The number of halogens is 4. The molecule has 0 saturated carbocycles. The zero-order valence-corrected chi connectivity index (χ0v) is 12.2. The minimum absolute atomic E-state index is 0.0780. The Morgan fingerprint density at radius 3 is 2.50 bits per heavy atom. The van der Waals surface area contributed by atoms with E-state index in [-0.39, 0.29) is 11.6 Å². The number of rotatable bonds is 5. The summed E-state index contributed by atoms with van der Waals surface area (Å²) < 4.78 is 68.6. The van der Waals surface area contributed by atoms with Crippen LogP contribution in [0.1, 0.15) is 12.5 Å². The number of methoxy groups -OCH3 is 1. The topological polar surface area (TPSA) is 55.4 Å². The van der Waals surface area contributed by atoms with Crippen molar-refractivity contribution in [2.24, 2.45) is 0 Å². The average Bonchev–Trinajstić information content (AvgIpc) is 2.34. The molecule has 0 amide bonds. The number of hydrogen-bond acceptors (Lipinski definition) is 3. The fourth-order valence-electron chi connectivity index (χ4n) is 1.27. The van der Waals surface area contributed by atoms with Gasteiger partial charge in [-0.05, 0) is 25.1 Å². The molecule has 0 aliphatic carbocycles. The Labute approximate surface area is 119 Å². The van der Waals surface area contributed by atoms with E-state index in [0.29, 0.717) is 6.07 Å². The van der Waals surface area contributed by atoms with Crippen molar-refractivity contribution in [2.45, 2.75) is 24.1 Å². The summed E-state index contributed by atoms with van der Waals surface area (Å²) in [5.74, 6) is 0. The summed E-state index contributed by atoms with van der Waals surface area (Å²) in [5, 5.41) is -0.282. The molecule has 0 fully saturated rings. The van der Waals surface area contributed by atoms with Crippen molar-refractivity contribution in [3.63, 3.8) is 0 Å². The van der Waals surface area contributed by atoms with Gasteiger partial charge in [-0.3, -0.25) is 0 Å². The van der Waals surface area contributed by atoms with Gasteiger partial charge in [0.05, 0.1) is 16.7 Å². The molecule has 114 valence electrons. The molecular formula is C11H13ClF3NO3S. The Morgan fingerprint density at radius 2 is 2.00 bits per heavy atom. The van der Waals surface area contributed by atoms with Gasteiger partial charge in [0.2, 0.25) is 10.0 Å². The standard InChI is InChI=1S/C11H13ClF3NO3S/c1-7(19-2)6-16-20(17,18)10-5-8(11(13,14)15)3-4-9(10)12/h3-5,7,16H,6H2,1-2H3. The Morgan fingerprint density at radius 1 is 1.40 bits per heavy atom. The molecule has 1 aromatic rings. The number of benzene rings is 1. The third-order valence-corrected chi connectivity index (χ3v) is 4.42. The smallest absolute Gasteiger partial charge is 0.380 e. The molecule has 0 aromatic heterocycles.